The number of hydrogen-bond acceptors (Lipinski definition) is 3. The van der Waals surface area contributed by atoms with E-state index >= 15 is 0 Å². The van der Waals surface area contributed by atoms with Crippen LogP contribution in [-0.2, 0) is 4.79 Å². The highest BCUT2D eigenvalue weighted by Crippen LogP contribution is 2.17. The van der Waals surface area contributed by atoms with Gasteiger partial charge in [0.05, 0.1) is 11.1 Å². The number of carboxylic acid groups (broad SMARTS) is 1. The van der Waals surface area contributed by atoms with Crippen LogP contribution >= 0.6 is 0 Å². The fraction of sp³-hybridized carbons (Fsp3) is 0.312. The van der Waals surface area contributed by atoms with E-state index in [0.29, 0.717) is 5.39 Å². The van der Waals surface area contributed by atoms with Crippen LogP contribution in [0.25, 0.3) is 10.9 Å². The molecule has 3 N–H and O–H groups in total. The van der Waals surface area contributed by atoms with Gasteiger partial charge in [-0.15, -0.1) is 0 Å². The van der Waals surface area contributed by atoms with Crippen LogP contribution in [0.1, 0.15) is 30.6 Å². The van der Waals surface area contributed by atoms with Gasteiger partial charge in [0.25, 0.3) is 5.91 Å². The summed E-state index contributed by atoms with van der Waals surface area (Å²) < 4.78 is 13.3. The highest BCUT2D eigenvalue weighted by molar-refractivity contribution is 6.06. The van der Waals surface area contributed by atoms with Crippen molar-refractivity contribution in [3.8, 4) is 0 Å². The molecule has 1 amide bonds. The second-order valence-electron chi connectivity index (χ2n) is 5.73. The largest absolute Gasteiger partial charge is 0.480 e. The van der Waals surface area contributed by atoms with E-state index in [1.165, 1.54) is 12.1 Å². The minimum Gasteiger partial charge on any atom is -0.480 e. The molecule has 0 aliphatic carbocycles. The summed E-state index contributed by atoms with van der Waals surface area (Å²) in [6.45, 7) is 3.68. The van der Waals surface area contributed by atoms with Gasteiger partial charge in [-0.05, 0) is 30.5 Å². The van der Waals surface area contributed by atoms with Crippen molar-refractivity contribution in [2.24, 2.45) is 5.92 Å². The monoisotopic (exact) mass is 320 g/mol. The van der Waals surface area contributed by atoms with E-state index in [2.05, 4.69) is 10.3 Å². The predicted octanol–water partition coefficient (Wildman–Crippen LogP) is 1.90. The lowest BCUT2D eigenvalue weighted by Gasteiger charge is -2.17. The zero-order valence-corrected chi connectivity index (χ0v) is 12.7. The van der Waals surface area contributed by atoms with Gasteiger partial charge in [0, 0.05) is 11.5 Å². The topological polar surface area (TPSA) is 99.3 Å². The molecule has 1 unspecified atom stereocenters. The van der Waals surface area contributed by atoms with Crippen molar-refractivity contribution in [2.45, 2.75) is 26.3 Å². The summed E-state index contributed by atoms with van der Waals surface area (Å²) in [7, 11) is 0. The number of aromatic nitrogens is 1. The Bertz CT molecular complexity index is 813. The van der Waals surface area contributed by atoms with Crippen LogP contribution in [0.15, 0.2) is 29.1 Å². The minimum atomic E-state index is -1.15. The van der Waals surface area contributed by atoms with E-state index in [-0.39, 0.29) is 23.4 Å². The molecule has 1 heterocycles. The maximum Gasteiger partial charge on any atom is 0.326 e. The van der Waals surface area contributed by atoms with Gasteiger partial charge in [-0.2, -0.15) is 0 Å². The number of benzene rings is 1. The SMILES string of the molecule is CC(C)CC(NC(=O)c1cc(=O)[nH]c2cc(F)ccc12)C(=O)O. The Morgan fingerprint density at radius 3 is 2.61 bits per heavy atom. The van der Waals surface area contributed by atoms with Crippen LogP contribution in [-0.4, -0.2) is 28.0 Å². The molecule has 1 atom stereocenters. The number of aliphatic carboxylic acids is 1. The van der Waals surface area contributed by atoms with Gasteiger partial charge in [0.2, 0.25) is 5.56 Å². The van der Waals surface area contributed by atoms with Crippen molar-refractivity contribution in [1.82, 2.24) is 10.3 Å². The predicted molar refractivity (Wildman–Crippen MR) is 82.9 cm³/mol. The summed E-state index contributed by atoms with van der Waals surface area (Å²) in [5.74, 6) is -2.30. The standard InChI is InChI=1S/C16H17FN2O4/c1-8(2)5-13(16(22)23)19-15(21)11-7-14(20)18-12-6-9(17)3-4-10(11)12/h3-4,6-8,13H,5H2,1-2H3,(H,18,20)(H,19,21)(H,22,23). The van der Waals surface area contributed by atoms with Gasteiger partial charge in [-0.1, -0.05) is 13.8 Å². The zero-order valence-electron chi connectivity index (χ0n) is 12.7. The van der Waals surface area contributed by atoms with Gasteiger partial charge in [-0.25, -0.2) is 9.18 Å². The first-order chi connectivity index (χ1) is 10.8. The molecule has 0 aliphatic rings. The van der Waals surface area contributed by atoms with Gasteiger partial charge < -0.3 is 15.4 Å². The lowest BCUT2D eigenvalue weighted by molar-refractivity contribution is -0.139. The van der Waals surface area contributed by atoms with Crippen LogP contribution in [0.2, 0.25) is 0 Å². The molecule has 2 rings (SSSR count). The second-order valence-corrected chi connectivity index (χ2v) is 5.73. The molecule has 1 aromatic carbocycles. The number of pyridine rings is 1. The maximum atomic E-state index is 13.3. The summed E-state index contributed by atoms with van der Waals surface area (Å²) >= 11 is 0. The molecule has 1 aromatic heterocycles. The second kappa shape index (κ2) is 6.60. The van der Waals surface area contributed by atoms with Crippen LogP contribution in [0.4, 0.5) is 4.39 Å². The van der Waals surface area contributed by atoms with E-state index in [4.69, 9.17) is 0 Å². The van der Waals surface area contributed by atoms with Crippen molar-refractivity contribution in [1.29, 1.82) is 0 Å². The Kier molecular flexibility index (Phi) is 4.78. The first-order valence-corrected chi connectivity index (χ1v) is 7.14. The van der Waals surface area contributed by atoms with Crippen LogP contribution in [0, 0.1) is 11.7 Å². The van der Waals surface area contributed by atoms with Crippen LogP contribution < -0.4 is 10.9 Å². The Labute approximate surface area is 131 Å². The number of halogens is 1. The van der Waals surface area contributed by atoms with Gasteiger partial charge in [0.15, 0.2) is 0 Å². The van der Waals surface area contributed by atoms with Crippen molar-refractivity contribution < 1.29 is 19.1 Å². The van der Waals surface area contributed by atoms with E-state index in [0.717, 1.165) is 12.1 Å². The third-order valence-corrected chi connectivity index (χ3v) is 3.36. The lowest BCUT2D eigenvalue weighted by atomic mass is 10.0. The summed E-state index contributed by atoms with van der Waals surface area (Å²) in [5.41, 5.74) is -0.374. The zero-order chi connectivity index (χ0) is 17.1. The van der Waals surface area contributed by atoms with Crippen LogP contribution in [0.3, 0.4) is 0 Å². The number of H-pyrrole nitrogens is 1. The summed E-state index contributed by atoms with van der Waals surface area (Å²) in [4.78, 5) is 37.7. The number of carbonyl (C=O) groups excluding carboxylic acids is 1. The molecular formula is C16H17FN2O4. The molecule has 0 saturated heterocycles. The summed E-state index contributed by atoms with van der Waals surface area (Å²) in [5, 5.41) is 11.9. The van der Waals surface area contributed by atoms with Crippen molar-refractivity contribution in [2.75, 3.05) is 0 Å². The Morgan fingerprint density at radius 1 is 1.30 bits per heavy atom. The first kappa shape index (κ1) is 16.7. The van der Waals surface area contributed by atoms with Gasteiger partial charge >= 0.3 is 5.97 Å². The fourth-order valence-corrected chi connectivity index (χ4v) is 2.35. The summed E-state index contributed by atoms with van der Waals surface area (Å²) in [6, 6.07) is 3.66. The Hall–Kier alpha value is -2.70. The molecule has 0 bridgehead atoms. The number of aromatic amines is 1. The lowest BCUT2D eigenvalue weighted by Crippen LogP contribution is -2.42. The summed E-state index contributed by atoms with van der Waals surface area (Å²) in [6.07, 6.45) is 0.261. The minimum absolute atomic E-state index is 0.0127. The Balaban J connectivity index is 2.40. The fourth-order valence-electron chi connectivity index (χ4n) is 2.35. The molecule has 0 aliphatic heterocycles. The number of carbonyl (C=O) groups is 2. The number of rotatable bonds is 5. The van der Waals surface area contributed by atoms with Crippen LogP contribution in [0.5, 0.6) is 0 Å². The number of carboxylic acids is 1. The highest BCUT2D eigenvalue weighted by Gasteiger charge is 2.23. The smallest absolute Gasteiger partial charge is 0.326 e. The number of nitrogens with one attached hydrogen (secondary N) is 2. The van der Waals surface area contributed by atoms with Crippen molar-refractivity contribution in [3.63, 3.8) is 0 Å². The third kappa shape index (κ3) is 3.94. The van der Waals surface area contributed by atoms with E-state index in [9.17, 15) is 23.9 Å². The molecule has 0 fully saturated rings. The average molecular weight is 320 g/mol. The van der Waals surface area contributed by atoms with Crippen molar-refractivity contribution in [3.05, 3.63) is 46.0 Å². The molecule has 2 aromatic rings. The molecule has 7 heteroatoms. The third-order valence-electron chi connectivity index (χ3n) is 3.36. The average Bonchev–Trinajstić information content (AvgIpc) is 2.44. The molecular weight excluding hydrogens is 303 g/mol. The molecule has 122 valence electrons. The van der Waals surface area contributed by atoms with E-state index in [1.807, 2.05) is 13.8 Å². The first-order valence-electron chi connectivity index (χ1n) is 7.14. The van der Waals surface area contributed by atoms with E-state index < -0.39 is 29.3 Å². The number of amides is 1. The van der Waals surface area contributed by atoms with E-state index in [1.54, 1.807) is 0 Å². The quantitative estimate of drug-likeness (QED) is 0.783. The molecule has 0 radical (unpaired) electrons. The molecule has 23 heavy (non-hydrogen) atoms. The maximum absolute atomic E-state index is 13.3. The van der Waals surface area contributed by atoms with Crippen molar-refractivity contribution >= 4 is 22.8 Å². The normalized spacial score (nSPS) is 12.3. The van der Waals surface area contributed by atoms with Gasteiger partial charge in [-0.3, -0.25) is 9.59 Å². The van der Waals surface area contributed by atoms with Gasteiger partial charge in [0.1, 0.15) is 11.9 Å². The number of fused-ring (bicyclic) bond motifs is 1. The molecule has 0 saturated carbocycles. The number of hydrogen-bond donors (Lipinski definition) is 3. The molecule has 6 nitrogen and oxygen atoms in total. The molecule has 0 spiro atoms. The highest BCUT2D eigenvalue weighted by atomic mass is 19.1. The Morgan fingerprint density at radius 2 is 2.00 bits per heavy atom.